The quantitative estimate of drug-likeness (QED) is 0.634. The molecule has 1 unspecified atom stereocenters. The molecule has 150 valence electrons. The van der Waals surface area contributed by atoms with Gasteiger partial charge in [-0.25, -0.2) is 13.1 Å². The Hall–Kier alpha value is -2.42. The lowest BCUT2D eigenvalue weighted by Gasteiger charge is -2.19. The van der Waals surface area contributed by atoms with Crippen LogP contribution in [0.4, 0.5) is 0 Å². The molecule has 0 heterocycles. The summed E-state index contributed by atoms with van der Waals surface area (Å²) in [5, 5.41) is 2.83. The molecule has 0 aliphatic rings. The lowest BCUT2D eigenvalue weighted by molar-refractivity contribution is -0.143. The van der Waals surface area contributed by atoms with Crippen molar-refractivity contribution in [1.29, 1.82) is 0 Å². The van der Waals surface area contributed by atoms with Crippen LogP contribution in [0.25, 0.3) is 0 Å². The molecule has 0 spiro atoms. The molecule has 2 N–H and O–H groups in total. The fraction of sp³-hybridized carbons (Fsp3) is 0.263. The van der Waals surface area contributed by atoms with Crippen molar-refractivity contribution in [3.05, 3.63) is 64.7 Å². The Morgan fingerprint density at radius 2 is 1.82 bits per heavy atom. The summed E-state index contributed by atoms with van der Waals surface area (Å²) in [6.07, 6.45) is -0.0737. The van der Waals surface area contributed by atoms with Gasteiger partial charge in [0.15, 0.2) is 0 Å². The number of rotatable bonds is 8. The van der Waals surface area contributed by atoms with Crippen LogP contribution in [-0.2, 0) is 19.6 Å². The number of ether oxygens (including phenoxy) is 1. The minimum atomic E-state index is -3.74. The van der Waals surface area contributed by atoms with Gasteiger partial charge in [-0.2, -0.15) is 0 Å². The Balaban J connectivity index is 2.33. The summed E-state index contributed by atoms with van der Waals surface area (Å²) in [6.45, 7) is 1.92. The number of halogens is 1. The van der Waals surface area contributed by atoms with Crippen LogP contribution in [0, 0.1) is 0 Å². The van der Waals surface area contributed by atoms with Gasteiger partial charge in [0.25, 0.3) is 5.91 Å². The van der Waals surface area contributed by atoms with Crippen LogP contribution in [0.2, 0.25) is 5.02 Å². The molecule has 0 aliphatic heterocycles. The molecule has 1 amide bonds. The van der Waals surface area contributed by atoms with Crippen molar-refractivity contribution in [2.24, 2.45) is 0 Å². The zero-order chi connectivity index (χ0) is 20.7. The summed E-state index contributed by atoms with van der Waals surface area (Å²) in [5.74, 6) is -1.06. The second-order valence-corrected chi connectivity index (χ2v) is 8.09. The Bertz CT molecular complexity index is 948. The molecular weight excluding hydrogens is 404 g/mol. The number of amides is 1. The van der Waals surface area contributed by atoms with Crippen LogP contribution < -0.4 is 10.0 Å². The van der Waals surface area contributed by atoms with Gasteiger partial charge in [-0.3, -0.25) is 9.59 Å². The van der Waals surface area contributed by atoms with Crippen LogP contribution >= 0.6 is 11.6 Å². The molecular formula is C19H21ClN2O5S. The predicted octanol–water partition coefficient (Wildman–Crippen LogP) is 2.67. The second kappa shape index (κ2) is 9.68. The molecule has 0 saturated heterocycles. The molecule has 0 aliphatic carbocycles. The summed E-state index contributed by atoms with van der Waals surface area (Å²) in [7, 11) is -2.47. The minimum absolute atomic E-state index is 0.0113. The average Bonchev–Trinajstić information content (AvgIpc) is 2.68. The highest BCUT2D eigenvalue weighted by Gasteiger charge is 2.23. The van der Waals surface area contributed by atoms with E-state index in [4.69, 9.17) is 16.3 Å². The molecule has 28 heavy (non-hydrogen) atoms. The van der Waals surface area contributed by atoms with Gasteiger partial charge in [-0.1, -0.05) is 41.9 Å². The first kappa shape index (κ1) is 21.9. The summed E-state index contributed by atoms with van der Waals surface area (Å²) in [6, 6.07) is 12.1. The van der Waals surface area contributed by atoms with Crippen molar-refractivity contribution in [3.63, 3.8) is 0 Å². The van der Waals surface area contributed by atoms with Crippen LogP contribution in [-0.4, -0.2) is 33.9 Å². The van der Waals surface area contributed by atoms with E-state index in [9.17, 15) is 18.0 Å². The van der Waals surface area contributed by atoms with E-state index in [1.807, 2.05) is 6.07 Å². The van der Waals surface area contributed by atoms with Crippen molar-refractivity contribution < 1.29 is 22.7 Å². The monoisotopic (exact) mass is 424 g/mol. The van der Waals surface area contributed by atoms with Crippen LogP contribution in [0.15, 0.2) is 53.4 Å². The molecule has 0 fully saturated rings. The van der Waals surface area contributed by atoms with Gasteiger partial charge >= 0.3 is 5.97 Å². The summed E-state index contributed by atoms with van der Waals surface area (Å²) in [4.78, 5) is 24.7. The molecule has 0 radical (unpaired) electrons. The van der Waals surface area contributed by atoms with E-state index in [-0.39, 0.29) is 28.5 Å². The normalized spacial score (nSPS) is 12.2. The number of carbonyl (C=O) groups is 2. The summed E-state index contributed by atoms with van der Waals surface area (Å²) in [5.41, 5.74) is 0.696. The largest absolute Gasteiger partial charge is 0.466 e. The standard InChI is InChI=1S/C19H21ClN2O5S/c1-3-27-18(23)12-17(13-7-5-4-6-8-13)22-19(24)15-11-14(9-10-16(15)20)28(25,26)21-2/h4-11,17,21H,3,12H2,1-2H3,(H,22,24). The molecule has 7 nitrogen and oxygen atoms in total. The van der Waals surface area contributed by atoms with Crippen molar-refractivity contribution in [1.82, 2.24) is 10.0 Å². The van der Waals surface area contributed by atoms with E-state index in [2.05, 4.69) is 10.0 Å². The molecule has 2 aromatic carbocycles. The second-order valence-electron chi connectivity index (χ2n) is 5.80. The Labute approximate surface area is 169 Å². The highest BCUT2D eigenvalue weighted by atomic mass is 35.5. The SMILES string of the molecule is CCOC(=O)CC(NC(=O)c1cc(S(=O)(=O)NC)ccc1Cl)c1ccccc1. The van der Waals surface area contributed by atoms with E-state index < -0.39 is 27.9 Å². The number of hydrogen-bond donors (Lipinski definition) is 2. The first-order chi connectivity index (χ1) is 13.3. The maximum absolute atomic E-state index is 12.8. The number of hydrogen-bond acceptors (Lipinski definition) is 5. The molecule has 2 aromatic rings. The summed E-state index contributed by atoms with van der Waals surface area (Å²) >= 11 is 6.10. The van der Waals surface area contributed by atoms with Gasteiger partial charge in [0, 0.05) is 0 Å². The van der Waals surface area contributed by atoms with E-state index in [0.29, 0.717) is 5.56 Å². The maximum atomic E-state index is 12.8. The van der Waals surface area contributed by atoms with Crippen molar-refractivity contribution in [2.75, 3.05) is 13.7 Å². The third-order valence-electron chi connectivity index (χ3n) is 3.94. The first-order valence-electron chi connectivity index (χ1n) is 8.53. The topological polar surface area (TPSA) is 102 Å². The lowest BCUT2D eigenvalue weighted by Crippen LogP contribution is -2.31. The first-order valence-corrected chi connectivity index (χ1v) is 10.4. The zero-order valence-corrected chi connectivity index (χ0v) is 17.0. The van der Waals surface area contributed by atoms with Gasteiger partial charge < -0.3 is 10.1 Å². The third-order valence-corrected chi connectivity index (χ3v) is 5.69. The van der Waals surface area contributed by atoms with Gasteiger partial charge in [-0.15, -0.1) is 0 Å². The van der Waals surface area contributed by atoms with Gasteiger partial charge in [0.1, 0.15) is 0 Å². The van der Waals surface area contributed by atoms with E-state index >= 15 is 0 Å². The number of carbonyl (C=O) groups excluding carboxylic acids is 2. The van der Waals surface area contributed by atoms with E-state index in [0.717, 1.165) is 0 Å². The van der Waals surface area contributed by atoms with Gasteiger partial charge in [0.05, 0.1) is 34.6 Å². The van der Waals surface area contributed by atoms with Crippen LogP contribution in [0.1, 0.15) is 35.3 Å². The van der Waals surface area contributed by atoms with Crippen molar-refractivity contribution in [2.45, 2.75) is 24.3 Å². The Morgan fingerprint density at radius 1 is 1.14 bits per heavy atom. The lowest BCUT2D eigenvalue weighted by atomic mass is 10.0. The smallest absolute Gasteiger partial charge is 0.308 e. The highest BCUT2D eigenvalue weighted by Crippen LogP contribution is 2.23. The Morgan fingerprint density at radius 3 is 2.43 bits per heavy atom. The minimum Gasteiger partial charge on any atom is -0.466 e. The molecule has 0 saturated carbocycles. The maximum Gasteiger partial charge on any atom is 0.308 e. The Kier molecular flexibility index (Phi) is 7.56. The molecule has 0 bridgehead atoms. The van der Waals surface area contributed by atoms with Gasteiger partial charge in [-0.05, 0) is 37.7 Å². The number of sulfonamides is 1. The fourth-order valence-corrected chi connectivity index (χ4v) is 3.48. The number of esters is 1. The van der Waals surface area contributed by atoms with Crippen molar-refractivity contribution in [3.8, 4) is 0 Å². The van der Waals surface area contributed by atoms with Crippen LogP contribution in [0.5, 0.6) is 0 Å². The fourth-order valence-electron chi connectivity index (χ4n) is 2.52. The highest BCUT2D eigenvalue weighted by molar-refractivity contribution is 7.89. The third kappa shape index (κ3) is 5.54. The molecule has 0 aromatic heterocycles. The zero-order valence-electron chi connectivity index (χ0n) is 15.4. The van der Waals surface area contributed by atoms with Crippen LogP contribution in [0.3, 0.4) is 0 Å². The molecule has 1 atom stereocenters. The van der Waals surface area contributed by atoms with E-state index in [1.165, 1.54) is 25.2 Å². The number of nitrogens with one attached hydrogen (secondary N) is 2. The van der Waals surface area contributed by atoms with Crippen molar-refractivity contribution >= 4 is 33.5 Å². The summed E-state index contributed by atoms with van der Waals surface area (Å²) < 4.78 is 31.2. The molecule has 9 heteroatoms. The molecule has 2 rings (SSSR count). The predicted molar refractivity (Wildman–Crippen MR) is 106 cm³/mol. The number of benzene rings is 2. The van der Waals surface area contributed by atoms with E-state index in [1.54, 1.807) is 31.2 Å². The van der Waals surface area contributed by atoms with Gasteiger partial charge in [0.2, 0.25) is 10.0 Å². The average molecular weight is 425 g/mol.